The zero-order valence-electron chi connectivity index (χ0n) is 10.4. The number of aromatic carboxylic acids is 1. The van der Waals surface area contributed by atoms with Crippen molar-refractivity contribution in [1.29, 1.82) is 0 Å². The molecular formula is C14H11NO4S. The van der Waals surface area contributed by atoms with E-state index in [4.69, 9.17) is 9.84 Å². The highest BCUT2D eigenvalue weighted by Crippen LogP contribution is 2.27. The van der Waals surface area contributed by atoms with E-state index < -0.39 is 5.97 Å². The molecule has 0 fully saturated rings. The van der Waals surface area contributed by atoms with Gasteiger partial charge in [0.25, 0.3) is 5.91 Å². The van der Waals surface area contributed by atoms with E-state index in [2.05, 4.69) is 5.32 Å². The van der Waals surface area contributed by atoms with E-state index in [-0.39, 0.29) is 10.8 Å². The van der Waals surface area contributed by atoms with Crippen LogP contribution >= 0.6 is 11.3 Å². The Labute approximate surface area is 118 Å². The molecule has 0 spiro atoms. The largest absolute Gasteiger partial charge is 0.493 e. The van der Waals surface area contributed by atoms with E-state index in [1.807, 2.05) is 0 Å². The van der Waals surface area contributed by atoms with Crippen LogP contribution in [0.2, 0.25) is 0 Å². The monoisotopic (exact) mass is 289 g/mol. The number of fused-ring (bicyclic) bond motifs is 1. The highest BCUT2D eigenvalue weighted by Gasteiger charge is 2.17. The van der Waals surface area contributed by atoms with E-state index in [1.54, 1.807) is 29.6 Å². The second-order valence-electron chi connectivity index (χ2n) is 4.34. The molecule has 3 rings (SSSR count). The van der Waals surface area contributed by atoms with Crippen LogP contribution in [0.25, 0.3) is 0 Å². The molecule has 0 bridgehead atoms. The van der Waals surface area contributed by atoms with E-state index in [9.17, 15) is 9.59 Å². The van der Waals surface area contributed by atoms with Gasteiger partial charge in [-0.1, -0.05) is 0 Å². The lowest BCUT2D eigenvalue weighted by atomic mass is 10.1. The number of anilines is 1. The lowest BCUT2D eigenvalue weighted by Crippen LogP contribution is -2.13. The predicted octanol–water partition coefficient (Wildman–Crippen LogP) is 2.63. The molecule has 5 nitrogen and oxygen atoms in total. The Hall–Kier alpha value is -2.34. The van der Waals surface area contributed by atoms with Gasteiger partial charge in [0, 0.05) is 12.0 Å². The standard InChI is InChI=1S/C14H11NO4S/c16-13(15-10-4-6-20-12(10)14(17)18)9-1-2-11-8(7-9)3-5-19-11/h1-2,4,6-7H,3,5H2,(H,15,16)(H,17,18). The molecule has 2 aromatic rings. The second kappa shape index (κ2) is 4.97. The highest BCUT2D eigenvalue weighted by molar-refractivity contribution is 7.12. The minimum atomic E-state index is -1.04. The number of hydrogen-bond donors (Lipinski definition) is 2. The van der Waals surface area contributed by atoms with Crippen LogP contribution in [0.3, 0.4) is 0 Å². The molecule has 1 amide bonds. The third-order valence-electron chi connectivity index (χ3n) is 3.06. The van der Waals surface area contributed by atoms with Crippen molar-refractivity contribution in [3.05, 3.63) is 45.6 Å². The first kappa shape index (κ1) is 12.7. The number of ether oxygens (including phenoxy) is 1. The van der Waals surface area contributed by atoms with Crippen molar-refractivity contribution in [2.45, 2.75) is 6.42 Å². The number of carboxylic acid groups (broad SMARTS) is 1. The van der Waals surface area contributed by atoms with Gasteiger partial charge in [-0.25, -0.2) is 4.79 Å². The number of amides is 1. The van der Waals surface area contributed by atoms with Gasteiger partial charge in [-0.05, 0) is 35.2 Å². The highest BCUT2D eigenvalue weighted by atomic mass is 32.1. The van der Waals surface area contributed by atoms with Gasteiger partial charge in [0.1, 0.15) is 10.6 Å². The van der Waals surface area contributed by atoms with Crippen LogP contribution in [-0.2, 0) is 6.42 Å². The van der Waals surface area contributed by atoms with Gasteiger partial charge in [-0.3, -0.25) is 4.79 Å². The summed E-state index contributed by atoms with van der Waals surface area (Å²) in [7, 11) is 0. The van der Waals surface area contributed by atoms with Crippen LogP contribution < -0.4 is 10.1 Å². The van der Waals surface area contributed by atoms with Crippen LogP contribution in [0.1, 0.15) is 25.6 Å². The third kappa shape index (κ3) is 2.25. The zero-order valence-corrected chi connectivity index (χ0v) is 11.2. The Bertz CT molecular complexity index is 692. The van der Waals surface area contributed by atoms with Gasteiger partial charge < -0.3 is 15.2 Å². The summed E-state index contributed by atoms with van der Waals surface area (Å²) >= 11 is 1.08. The summed E-state index contributed by atoms with van der Waals surface area (Å²) in [6.45, 7) is 0.633. The molecule has 0 saturated carbocycles. The van der Waals surface area contributed by atoms with Gasteiger partial charge in [0.2, 0.25) is 0 Å². The van der Waals surface area contributed by atoms with Crippen LogP contribution in [0.4, 0.5) is 5.69 Å². The Morgan fingerprint density at radius 1 is 1.30 bits per heavy atom. The normalized spacial score (nSPS) is 12.6. The average molecular weight is 289 g/mol. The van der Waals surface area contributed by atoms with E-state index in [0.29, 0.717) is 17.9 Å². The van der Waals surface area contributed by atoms with Crippen molar-refractivity contribution >= 4 is 28.9 Å². The lowest BCUT2D eigenvalue weighted by Gasteiger charge is -2.06. The number of benzene rings is 1. The maximum Gasteiger partial charge on any atom is 0.348 e. The molecule has 102 valence electrons. The zero-order chi connectivity index (χ0) is 14.1. The molecule has 1 aromatic carbocycles. The molecule has 1 aliphatic heterocycles. The molecule has 1 aliphatic rings. The summed E-state index contributed by atoms with van der Waals surface area (Å²) in [5.41, 5.74) is 1.82. The number of carbonyl (C=O) groups is 2. The number of hydrogen-bond acceptors (Lipinski definition) is 4. The van der Waals surface area contributed by atoms with E-state index in [0.717, 1.165) is 29.1 Å². The lowest BCUT2D eigenvalue weighted by molar-refractivity contribution is 0.0703. The van der Waals surface area contributed by atoms with Gasteiger partial charge in [-0.15, -0.1) is 11.3 Å². The molecule has 0 saturated heterocycles. The summed E-state index contributed by atoms with van der Waals surface area (Å²) in [6, 6.07) is 6.81. The summed E-state index contributed by atoms with van der Waals surface area (Å²) in [4.78, 5) is 23.3. The Kier molecular flexibility index (Phi) is 3.15. The number of thiophene rings is 1. The second-order valence-corrected chi connectivity index (χ2v) is 5.26. The van der Waals surface area contributed by atoms with Crippen molar-refractivity contribution in [3.8, 4) is 5.75 Å². The molecule has 6 heteroatoms. The maximum atomic E-state index is 12.1. The average Bonchev–Trinajstić information content (AvgIpc) is 3.05. The summed E-state index contributed by atoms with van der Waals surface area (Å²) in [5, 5.41) is 13.3. The Morgan fingerprint density at radius 3 is 2.95 bits per heavy atom. The van der Waals surface area contributed by atoms with Gasteiger partial charge >= 0.3 is 5.97 Å². The molecule has 2 heterocycles. The Morgan fingerprint density at radius 2 is 2.15 bits per heavy atom. The smallest absolute Gasteiger partial charge is 0.348 e. The minimum absolute atomic E-state index is 0.128. The molecule has 0 radical (unpaired) electrons. The van der Waals surface area contributed by atoms with Gasteiger partial charge in [0.15, 0.2) is 0 Å². The first-order valence-electron chi connectivity index (χ1n) is 6.03. The molecule has 20 heavy (non-hydrogen) atoms. The predicted molar refractivity (Wildman–Crippen MR) is 74.9 cm³/mol. The van der Waals surface area contributed by atoms with Crippen LogP contribution in [0.5, 0.6) is 5.75 Å². The fourth-order valence-electron chi connectivity index (χ4n) is 2.10. The van der Waals surface area contributed by atoms with Crippen molar-refractivity contribution in [2.24, 2.45) is 0 Å². The first-order chi connectivity index (χ1) is 9.65. The quantitative estimate of drug-likeness (QED) is 0.910. The third-order valence-corrected chi connectivity index (χ3v) is 3.96. The first-order valence-corrected chi connectivity index (χ1v) is 6.91. The molecule has 1 aromatic heterocycles. The van der Waals surface area contributed by atoms with E-state index >= 15 is 0 Å². The topological polar surface area (TPSA) is 75.6 Å². The van der Waals surface area contributed by atoms with Crippen molar-refractivity contribution < 1.29 is 19.4 Å². The van der Waals surface area contributed by atoms with E-state index in [1.165, 1.54) is 0 Å². The summed E-state index contributed by atoms with van der Waals surface area (Å²) in [5.74, 6) is -0.554. The fourth-order valence-corrected chi connectivity index (χ4v) is 2.78. The number of carboxylic acids is 1. The van der Waals surface area contributed by atoms with Gasteiger partial charge in [0.05, 0.1) is 12.3 Å². The van der Waals surface area contributed by atoms with Crippen LogP contribution in [-0.4, -0.2) is 23.6 Å². The Balaban J connectivity index is 1.83. The van der Waals surface area contributed by atoms with Crippen LogP contribution in [0, 0.1) is 0 Å². The molecule has 2 N–H and O–H groups in total. The number of carbonyl (C=O) groups excluding carboxylic acids is 1. The summed E-state index contributed by atoms with van der Waals surface area (Å²) in [6.07, 6.45) is 0.787. The molecular weight excluding hydrogens is 278 g/mol. The van der Waals surface area contributed by atoms with Crippen LogP contribution in [0.15, 0.2) is 29.6 Å². The van der Waals surface area contributed by atoms with Crippen molar-refractivity contribution in [1.82, 2.24) is 0 Å². The van der Waals surface area contributed by atoms with Crippen molar-refractivity contribution in [2.75, 3.05) is 11.9 Å². The maximum absolute atomic E-state index is 12.1. The number of nitrogens with one attached hydrogen (secondary N) is 1. The molecule has 0 atom stereocenters. The SMILES string of the molecule is O=C(Nc1ccsc1C(=O)O)c1ccc2c(c1)CCO2. The summed E-state index contributed by atoms with van der Waals surface area (Å²) < 4.78 is 5.38. The fraction of sp³-hybridized carbons (Fsp3) is 0.143. The molecule has 0 unspecified atom stereocenters. The molecule has 0 aliphatic carbocycles. The number of rotatable bonds is 3. The van der Waals surface area contributed by atoms with Gasteiger partial charge in [-0.2, -0.15) is 0 Å². The van der Waals surface area contributed by atoms with Crippen molar-refractivity contribution in [3.63, 3.8) is 0 Å². The minimum Gasteiger partial charge on any atom is -0.493 e.